The number of nitrogens with one attached hydrogen (secondary N) is 1. The molecule has 3 rings (SSSR count). The van der Waals surface area contributed by atoms with Crippen LogP contribution in [0, 0.1) is 6.92 Å². The van der Waals surface area contributed by atoms with Crippen LogP contribution in [0.5, 0.6) is 0 Å². The summed E-state index contributed by atoms with van der Waals surface area (Å²) in [6.45, 7) is 3.95. The van der Waals surface area contributed by atoms with Gasteiger partial charge in [-0.05, 0) is 35.7 Å². The molecule has 0 aliphatic carbocycles. The van der Waals surface area contributed by atoms with Crippen LogP contribution in [0.2, 0.25) is 0 Å². The van der Waals surface area contributed by atoms with Crippen LogP contribution in [-0.2, 0) is 13.1 Å². The van der Waals surface area contributed by atoms with Crippen LogP contribution in [0.1, 0.15) is 16.7 Å². The minimum atomic E-state index is 0.917. The van der Waals surface area contributed by atoms with Crippen molar-refractivity contribution in [3.8, 4) is 11.3 Å². The summed E-state index contributed by atoms with van der Waals surface area (Å²) in [7, 11) is 0. The first-order chi connectivity index (χ1) is 7.86. The maximum atomic E-state index is 4.51. The van der Waals surface area contributed by atoms with Crippen LogP contribution in [0.25, 0.3) is 11.3 Å². The van der Waals surface area contributed by atoms with Gasteiger partial charge in [0.05, 0.1) is 5.69 Å². The van der Waals surface area contributed by atoms with E-state index in [1.165, 1.54) is 22.3 Å². The van der Waals surface area contributed by atoms with Gasteiger partial charge in [0.25, 0.3) is 0 Å². The SMILES string of the molecule is Cc1cnccc1-c1nccc2c1CNC2. The third-order valence-electron chi connectivity index (χ3n) is 3.05. The van der Waals surface area contributed by atoms with E-state index in [0.29, 0.717) is 0 Å². The van der Waals surface area contributed by atoms with Crippen LogP contribution >= 0.6 is 0 Å². The second kappa shape index (κ2) is 3.68. The average Bonchev–Trinajstić information content (AvgIpc) is 2.77. The largest absolute Gasteiger partial charge is 0.309 e. The topological polar surface area (TPSA) is 37.8 Å². The van der Waals surface area contributed by atoms with E-state index in [0.717, 1.165) is 18.8 Å². The fraction of sp³-hybridized carbons (Fsp3) is 0.231. The van der Waals surface area contributed by atoms with Gasteiger partial charge >= 0.3 is 0 Å². The summed E-state index contributed by atoms with van der Waals surface area (Å²) in [5.74, 6) is 0. The molecule has 2 aromatic rings. The molecule has 2 aromatic heterocycles. The van der Waals surface area contributed by atoms with E-state index in [9.17, 15) is 0 Å². The highest BCUT2D eigenvalue weighted by Crippen LogP contribution is 2.28. The predicted octanol–water partition coefficient (Wildman–Crippen LogP) is 2.06. The van der Waals surface area contributed by atoms with Gasteiger partial charge < -0.3 is 5.32 Å². The Morgan fingerprint density at radius 1 is 1.19 bits per heavy atom. The molecule has 0 amide bonds. The van der Waals surface area contributed by atoms with Crippen LogP contribution < -0.4 is 5.32 Å². The van der Waals surface area contributed by atoms with Crippen LogP contribution in [0.3, 0.4) is 0 Å². The van der Waals surface area contributed by atoms with Crippen molar-refractivity contribution in [1.82, 2.24) is 15.3 Å². The maximum Gasteiger partial charge on any atom is 0.0753 e. The Morgan fingerprint density at radius 3 is 3.00 bits per heavy atom. The Morgan fingerprint density at radius 2 is 2.12 bits per heavy atom. The number of aromatic nitrogens is 2. The van der Waals surface area contributed by atoms with Gasteiger partial charge in [-0.2, -0.15) is 0 Å². The van der Waals surface area contributed by atoms with Gasteiger partial charge in [0.2, 0.25) is 0 Å². The number of nitrogens with zero attached hydrogens (tertiary/aromatic N) is 2. The Kier molecular flexibility index (Phi) is 2.18. The molecule has 1 N–H and O–H groups in total. The third-order valence-corrected chi connectivity index (χ3v) is 3.05. The molecule has 0 spiro atoms. The minimum Gasteiger partial charge on any atom is -0.309 e. The van der Waals surface area contributed by atoms with E-state index < -0.39 is 0 Å². The average molecular weight is 211 g/mol. The summed E-state index contributed by atoms with van der Waals surface area (Å²) >= 11 is 0. The summed E-state index contributed by atoms with van der Waals surface area (Å²) < 4.78 is 0. The Hall–Kier alpha value is -1.74. The van der Waals surface area contributed by atoms with Crippen molar-refractivity contribution in [1.29, 1.82) is 0 Å². The first kappa shape index (κ1) is 9.48. The quantitative estimate of drug-likeness (QED) is 0.784. The minimum absolute atomic E-state index is 0.917. The lowest BCUT2D eigenvalue weighted by molar-refractivity contribution is 0.765. The lowest BCUT2D eigenvalue weighted by Gasteiger charge is -2.08. The van der Waals surface area contributed by atoms with Crippen LogP contribution in [-0.4, -0.2) is 9.97 Å². The third kappa shape index (κ3) is 1.41. The zero-order valence-corrected chi connectivity index (χ0v) is 9.20. The molecule has 0 unspecified atom stereocenters. The highest BCUT2D eigenvalue weighted by atomic mass is 14.9. The summed E-state index contributed by atoms with van der Waals surface area (Å²) in [5, 5.41) is 3.36. The fourth-order valence-electron chi connectivity index (χ4n) is 2.19. The Balaban J connectivity index is 2.21. The van der Waals surface area contributed by atoms with Crippen molar-refractivity contribution in [2.75, 3.05) is 0 Å². The van der Waals surface area contributed by atoms with Crippen LogP contribution in [0.15, 0.2) is 30.7 Å². The molecular formula is C13H13N3. The number of hydrogen-bond donors (Lipinski definition) is 1. The first-order valence-electron chi connectivity index (χ1n) is 5.45. The van der Waals surface area contributed by atoms with E-state index in [-0.39, 0.29) is 0 Å². The van der Waals surface area contributed by atoms with Crippen molar-refractivity contribution in [3.05, 3.63) is 47.4 Å². The summed E-state index contributed by atoms with van der Waals surface area (Å²) in [6, 6.07) is 4.13. The van der Waals surface area contributed by atoms with Gasteiger partial charge in [-0.3, -0.25) is 9.97 Å². The van der Waals surface area contributed by atoms with Gasteiger partial charge in [-0.25, -0.2) is 0 Å². The molecule has 3 nitrogen and oxygen atoms in total. The Bertz CT molecular complexity index is 534. The van der Waals surface area contributed by atoms with Crippen molar-refractivity contribution >= 4 is 0 Å². The normalized spacial score (nSPS) is 13.8. The lowest BCUT2D eigenvalue weighted by Crippen LogP contribution is -2.01. The number of rotatable bonds is 1. The zero-order chi connectivity index (χ0) is 11.0. The van der Waals surface area contributed by atoms with E-state index >= 15 is 0 Å². The summed E-state index contributed by atoms with van der Waals surface area (Å²) in [6.07, 6.45) is 5.60. The van der Waals surface area contributed by atoms with Gasteiger partial charge in [0.1, 0.15) is 0 Å². The predicted molar refractivity (Wildman–Crippen MR) is 62.7 cm³/mol. The van der Waals surface area contributed by atoms with E-state index in [1.54, 1.807) is 0 Å². The number of fused-ring (bicyclic) bond motifs is 1. The molecule has 16 heavy (non-hydrogen) atoms. The summed E-state index contributed by atoms with van der Waals surface area (Å²) in [4.78, 5) is 8.63. The molecule has 0 bridgehead atoms. The highest BCUT2D eigenvalue weighted by Gasteiger charge is 2.16. The molecular weight excluding hydrogens is 198 g/mol. The molecule has 1 aliphatic rings. The molecule has 1 aliphatic heterocycles. The summed E-state index contributed by atoms with van der Waals surface area (Å²) in [5.41, 5.74) is 6.16. The zero-order valence-electron chi connectivity index (χ0n) is 9.20. The van der Waals surface area contributed by atoms with Crippen molar-refractivity contribution in [2.45, 2.75) is 20.0 Å². The number of pyridine rings is 2. The first-order valence-corrected chi connectivity index (χ1v) is 5.45. The molecule has 0 atom stereocenters. The maximum absolute atomic E-state index is 4.51. The van der Waals surface area contributed by atoms with Gasteiger partial charge in [0.15, 0.2) is 0 Å². The molecule has 0 saturated carbocycles. The van der Waals surface area contributed by atoms with Gasteiger partial charge in [-0.1, -0.05) is 0 Å². The Labute approximate surface area is 94.6 Å². The second-order valence-electron chi connectivity index (χ2n) is 4.09. The lowest BCUT2D eigenvalue weighted by atomic mass is 10.0. The smallest absolute Gasteiger partial charge is 0.0753 e. The van der Waals surface area contributed by atoms with Crippen molar-refractivity contribution in [2.24, 2.45) is 0 Å². The molecule has 0 saturated heterocycles. The molecule has 3 heteroatoms. The second-order valence-corrected chi connectivity index (χ2v) is 4.09. The molecule has 0 fully saturated rings. The highest BCUT2D eigenvalue weighted by molar-refractivity contribution is 5.67. The van der Waals surface area contributed by atoms with Crippen LogP contribution in [0.4, 0.5) is 0 Å². The van der Waals surface area contributed by atoms with Gasteiger partial charge in [0, 0.05) is 37.2 Å². The fourth-order valence-corrected chi connectivity index (χ4v) is 2.19. The van der Waals surface area contributed by atoms with Gasteiger partial charge in [-0.15, -0.1) is 0 Å². The molecule has 0 radical (unpaired) electrons. The van der Waals surface area contributed by atoms with E-state index in [4.69, 9.17) is 0 Å². The molecule has 80 valence electrons. The number of hydrogen-bond acceptors (Lipinski definition) is 3. The molecule has 0 aromatic carbocycles. The van der Waals surface area contributed by atoms with E-state index in [1.807, 2.05) is 24.7 Å². The number of aryl methyl sites for hydroxylation is 1. The standard InChI is InChI=1S/C13H13N3/c1-9-6-14-4-3-11(9)13-12-8-15-7-10(12)2-5-16-13/h2-6,15H,7-8H2,1H3. The van der Waals surface area contributed by atoms with Crippen molar-refractivity contribution < 1.29 is 0 Å². The van der Waals surface area contributed by atoms with Crippen molar-refractivity contribution in [3.63, 3.8) is 0 Å². The monoisotopic (exact) mass is 211 g/mol. The van der Waals surface area contributed by atoms with E-state index in [2.05, 4.69) is 28.3 Å². The molecule has 3 heterocycles.